The molecule has 0 saturated heterocycles. The highest BCUT2D eigenvalue weighted by Crippen LogP contribution is 2.36. The number of nitrogens with two attached hydrogens (primary N) is 1. The number of H-pyrrole nitrogens is 1. The van der Waals surface area contributed by atoms with Crippen molar-refractivity contribution in [2.75, 3.05) is 12.4 Å². The lowest BCUT2D eigenvalue weighted by Crippen LogP contribution is -2.52. The van der Waals surface area contributed by atoms with Gasteiger partial charge in [0.25, 0.3) is 11.6 Å². The van der Waals surface area contributed by atoms with E-state index in [0.717, 1.165) is 22.0 Å². The zero-order valence-electron chi connectivity index (χ0n) is 24.3. The number of amides is 1. The van der Waals surface area contributed by atoms with Gasteiger partial charge in [-0.15, -0.1) is 0 Å². The number of anilines is 1. The summed E-state index contributed by atoms with van der Waals surface area (Å²) in [7, 11) is 1.49. The first-order chi connectivity index (χ1) is 21.3. The van der Waals surface area contributed by atoms with Crippen LogP contribution in [0.25, 0.3) is 10.9 Å². The average Bonchev–Trinajstić information content (AvgIpc) is 3.51. The quantitative estimate of drug-likeness (QED) is 0.0580. The summed E-state index contributed by atoms with van der Waals surface area (Å²) in [5.41, 5.74) is 7.74. The Balaban J connectivity index is 1.50. The van der Waals surface area contributed by atoms with Crippen molar-refractivity contribution in [2.24, 2.45) is 5.73 Å². The molecule has 0 bridgehead atoms. The van der Waals surface area contributed by atoms with Gasteiger partial charge < -0.3 is 35.6 Å². The zero-order chi connectivity index (χ0) is 31.1. The first-order valence-electron chi connectivity index (χ1n) is 13.9. The van der Waals surface area contributed by atoms with E-state index in [1.54, 1.807) is 42.5 Å². The molecule has 1 heterocycles. The summed E-state index contributed by atoms with van der Waals surface area (Å²) in [4.78, 5) is 29.8. The summed E-state index contributed by atoms with van der Waals surface area (Å²) < 4.78 is 17.6. The van der Waals surface area contributed by atoms with Gasteiger partial charge in [-0.2, -0.15) is 0 Å². The number of nitrogens with one attached hydrogen (secondary N) is 4. The number of methoxy groups -OCH3 is 1. The molecule has 5 aromatic rings. The summed E-state index contributed by atoms with van der Waals surface area (Å²) in [6, 6.07) is 28.9. The number of benzene rings is 4. The van der Waals surface area contributed by atoms with Gasteiger partial charge in [-0.05, 0) is 77.2 Å². The minimum absolute atomic E-state index is 0.100. The highest BCUT2D eigenvalue weighted by molar-refractivity contribution is 5.95. The van der Waals surface area contributed by atoms with Crippen molar-refractivity contribution in [3.63, 3.8) is 0 Å². The van der Waals surface area contributed by atoms with Crippen LogP contribution in [0.5, 0.6) is 11.5 Å². The number of carbonyl (C=O) groups is 2. The number of rotatable bonds is 12. The molecule has 0 aliphatic carbocycles. The molecule has 0 fully saturated rings. The standard InChI is InChI=1S/C34H33N5O5/c1-22(40)44-34(33(41)38-20-23-6-4-3-5-7-23,39-28-12-9-25(10-13-28)32(35)36)27-11-15-30(31(19-27)42-2)43-21-24-8-14-29-26(18-24)16-17-37-29/h3-19,37,39H,20-21H2,1-2H3,(H3,35,36)(H,38,41)/t34-/m0/s1. The third kappa shape index (κ3) is 6.65. The number of amidine groups is 1. The number of nitrogen functional groups attached to an aromatic ring is 1. The number of hydrogen-bond acceptors (Lipinski definition) is 7. The molecule has 0 aliphatic heterocycles. The average molecular weight is 592 g/mol. The van der Waals surface area contributed by atoms with Gasteiger partial charge in [0.05, 0.1) is 7.11 Å². The Morgan fingerprint density at radius 1 is 0.909 bits per heavy atom. The van der Waals surface area contributed by atoms with Crippen LogP contribution < -0.4 is 25.8 Å². The second kappa shape index (κ2) is 13.0. The number of hydrogen-bond donors (Lipinski definition) is 5. The number of aromatic amines is 1. The number of esters is 1. The second-order valence-electron chi connectivity index (χ2n) is 10.1. The predicted octanol–water partition coefficient (Wildman–Crippen LogP) is 5.18. The molecule has 1 atom stereocenters. The molecular formula is C34H33N5O5. The van der Waals surface area contributed by atoms with Crippen LogP contribution in [0.15, 0.2) is 103 Å². The first kappa shape index (κ1) is 29.7. The lowest BCUT2D eigenvalue weighted by molar-refractivity contribution is -0.165. The number of fused-ring (bicyclic) bond motifs is 1. The third-order valence-corrected chi connectivity index (χ3v) is 7.01. The van der Waals surface area contributed by atoms with Crippen molar-refractivity contribution in [2.45, 2.75) is 25.8 Å². The largest absolute Gasteiger partial charge is 0.493 e. The molecule has 6 N–H and O–H groups in total. The van der Waals surface area contributed by atoms with E-state index >= 15 is 0 Å². The van der Waals surface area contributed by atoms with Crippen LogP contribution in [0.1, 0.15) is 29.2 Å². The van der Waals surface area contributed by atoms with Crippen LogP contribution in [0.4, 0.5) is 5.69 Å². The number of ether oxygens (including phenoxy) is 3. The van der Waals surface area contributed by atoms with Gasteiger partial charge in [0.15, 0.2) is 11.5 Å². The minimum atomic E-state index is -2.00. The summed E-state index contributed by atoms with van der Waals surface area (Å²) in [5.74, 6) is -0.615. The smallest absolute Gasteiger partial charge is 0.305 e. The van der Waals surface area contributed by atoms with Gasteiger partial charge in [0.2, 0.25) is 0 Å². The molecule has 224 valence electrons. The van der Waals surface area contributed by atoms with E-state index in [2.05, 4.69) is 15.6 Å². The van der Waals surface area contributed by atoms with Gasteiger partial charge in [0.1, 0.15) is 12.4 Å². The van der Waals surface area contributed by atoms with Crippen molar-refractivity contribution in [3.8, 4) is 11.5 Å². The van der Waals surface area contributed by atoms with E-state index in [9.17, 15) is 9.59 Å². The molecule has 5 rings (SSSR count). The van der Waals surface area contributed by atoms with Gasteiger partial charge in [-0.3, -0.25) is 15.0 Å². The molecule has 1 aromatic heterocycles. The van der Waals surface area contributed by atoms with Crippen molar-refractivity contribution < 1.29 is 23.8 Å². The Bertz CT molecular complexity index is 1790. The molecule has 0 radical (unpaired) electrons. The van der Waals surface area contributed by atoms with Crippen molar-refractivity contribution in [1.29, 1.82) is 5.41 Å². The normalized spacial score (nSPS) is 12.1. The molecule has 10 heteroatoms. The summed E-state index contributed by atoms with van der Waals surface area (Å²) >= 11 is 0. The SMILES string of the molecule is COc1cc([C@](Nc2ccc(C(=N)N)cc2)(OC(C)=O)C(=O)NCc2ccccc2)ccc1OCc1ccc2[nH]ccc2c1. The molecule has 0 aliphatic rings. The van der Waals surface area contributed by atoms with Crippen molar-refractivity contribution >= 4 is 34.3 Å². The van der Waals surface area contributed by atoms with E-state index in [1.165, 1.54) is 14.0 Å². The Morgan fingerprint density at radius 3 is 2.39 bits per heavy atom. The van der Waals surface area contributed by atoms with E-state index < -0.39 is 17.6 Å². The second-order valence-corrected chi connectivity index (χ2v) is 10.1. The van der Waals surface area contributed by atoms with Crippen LogP contribution in [-0.4, -0.2) is 29.8 Å². The maximum atomic E-state index is 14.1. The fourth-order valence-electron chi connectivity index (χ4n) is 4.80. The van der Waals surface area contributed by atoms with Gasteiger partial charge in [-0.25, -0.2) is 0 Å². The van der Waals surface area contributed by atoms with Crippen LogP contribution >= 0.6 is 0 Å². The van der Waals surface area contributed by atoms with Crippen LogP contribution in [0.3, 0.4) is 0 Å². The van der Waals surface area contributed by atoms with Gasteiger partial charge >= 0.3 is 5.97 Å². The highest BCUT2D eigenvalue weighted by atomic mass is 16.6. The molecule has 10 nitrogen and oxygen atoms in total. The highest BCUT2D eigenvalue weighted by Gasteiger charge is 2.45. The molecule has 44 heavy (non-hydrogen) atoms. The van der Waals surface area contributed by atoms with E-state index in [-0.39, 0.29) is 19.0 Å². The number of aromatic nitrogens is 1. The fraction of sp³-hybridized carbons (Fsp3) is 0.147. The Morgan fingerprint density at radius 2 is 1.68 bits per heavy atom. The van der Waals surface area contributed by atoms with Crippen LogP contribution in [-0.2, 0) is 33.2 Å². The minimum Gasteiger partial charge on any atom is -0.493 e. The Labute approximate surface area is 254 Å². The molecule has 0 unspecified atom stereocenters. The molecule has 4 aromatic carbocycles. The van der Waals surface area contributed by atoms with Crippen molar-refractivity contribution in [1.82, 2.24) is 10.3 Å². The molecule has 0 saturated carbocycles. The maximum Gasteiger partial charge on any atom is 0.305 e. The molecular weight excluding hydrogens is 558 g/mol. The number of carbonyl (C=O) groups excluding carboxylic acids is 2. The summed E-state index contributed by atoms with van der Waals surface area (Å²) in [6.07, 6.45) is 1.88. The Kier molecular flexibility index (Phi) is 8.80. The van der Waals surface area contributed by atoms with E-state index in [1.807, 2.05) is 60.8 Å². The lowest BCUT2D eigenvalue weighted by atomic mass is 9.99. The molecule has 0 spiro atoms. The summed E-state index contributed by atoms with van der Waals surface area (Å²) in [5, 5.41) is 14.8. The van der Waals surface area contributed by atoms with Gasteiger partial charge in [-0.1, -0.05) is 36.4 Å². The maximum absolute atomic E-state index is 14.1. The molecule has 1 amide bonds. The summed E-state index contributed by atoms with van der Waals surface area (Å²) in [6.45, 7) is 1.71. The van der Waals surface area contributed by atoms with Gasteiger partial charge in [0, 0.05) is 42.0 Å². The lowest BCUT2D eigenvalue weighted by Gasteiger charge is -2.34. The Hall–Kier alpha value is -5.77. The third-order valence-electron chi connectivity index (χ3n) is 7.01. The fourth-order valence-corrected chi connectivity index (χ4v) is 4.80. The monoisotopic (exact) mass is 591 g/mol. The van der Waals surface area contributed by atoms with E-state index in [0.29, 0.717) is 28.3 Å². The zero-order valence-corrected chi connectivity index (χ0v) is 24.3. The van der Waals surface area contributed by atoms with E-state index in [4.69, 9.17) is 25.4 Å². The first-order valence-corrected chi connectivity index (χ1v) is 13.9. The van der Waals surface area contributed by atoms with Crippen LogP contribution in [0.2, 0.25) is 0 Å². The van der Waals surface area contributed by atoms with Crippen molar-refractivity contribution in [3.05, 3.63) is 126 Å². The topological polar surface area (TPSA) is 152 Å². The predicted molar refractivity (Wildman–Crippen MR) is 168 cm³/mol. The van der Waals surface area contributed by atoms with Crippen LogP contribution in [0, 0.1) is 5.41 Å².